The molecule has 4 N–H and O–H groups in total. The third-order valence-electron chi connectivity index (χ3n) is 10.9. The van der Waals surface area contributed by atoms with Gasteiger partial charge in [0.15, 0.2) is 0 Å². The highest BCUT2D eigenvalue weighted by molar-refractivity contribution is 5.13. The van der Waals surface area contributed by atoms with E-state index in [1.165, 1.54) is 32.1 Å². The smallest absolute Gasteiger partial charge is 0.0857 e. The van der Waals surface area contributed by atoms with E-state index in [-0.39, 0.29) is 11.3 Å². The van der Waals surface area contributed by atoms with Crippen molar-refractivity contribution in [3.05, 3.63) is 0 Å². The molecule has 0 aliphatic heterocycles. The maximum atomic E-state index is 11.2. The van der Waals surface area contributed by atoms with Gasteiger partial charge in [-0.15, -0.1) is 0 Å². The fourth-order valence-electron chi connectivity index (χ4n) is 9.42. The van der Waals surface area contributed by atoms with E-state index in [1.54, 1.807) is 0 Å². The average molecular weight is 437 g/mol. The molecule has 4 heteroatoms. The van der Waals surface area contributed by atoms with Crippen LogP contribution in [-0.4, -0.2) is 44.3 Å². The van der Waals surface area contributed by atoms with Gasteiger partial charge in [-0.05, 0) is 106 Å². The number of hydrogen-bond donors (Lipinski definition) is 4. The van der Waals surface area contributed by atoms with Gasteiger partial charge in [0.25, 0.3) is 0 Å². The normalized spacial score (nSPS) is 51.0. The summed E-state index contributed by atoms with van der Waals surface area (Å²) in [5, 5.41) is 42.3. The van der Waals surface area contributed by atoms with E-state index in [4.69, 9.17) is 0 Å². The molecule has 0 spiro atoms. The third-order valence-corrected chi connectivity index (χ3v) is 10.9. The molecular formula is C27H48O4. The van der Waals surface area contributed by atoms with Gasteiger partial charge in [-0.3, -0.25) is 0 Å². The lowest BCUT2D eigenvalue weighted by Crippen LogP contribution is -2.62. The summed E-state index contributed by atoms with van der Waals surface area (Å²) in [5.41, 5.74) is -0.272. The molecule has 0 radical (unpaired) electrons. The first-order valence-electron chi connectivity index (χ1n) is 13.1. The number of fused-ring (bicyclic) bond motifs is 5. The Morgan fingerprint density at radius 1 is 0.903 bits per heavy atom. The predicted molar refractivity (Wildman–Crippen MR) is 123 cm³/mol. The van der Waals surface area contributed by atoms with E-state index in [1.807, 2.05) is 13.8 Å². The van der Waals surface area contributed by atoms with Crippen LogP contribution < -0.4 is 0 Å². The molecule has 4 aliphatic rings. The van der Waals surface area contributed by atoms with Crippen molar-refractivity contribution in [2.75, 3.05) is 0 Å². The second kappa shape index (κ2) is 8.25. The summed E-state index contributed by atoms with van der Waals surface area (Å²) >= 11 is 0. The van der Waals surface area contributed by atoms with Gasteiger partial charge in [0.1, 0.15) is 0 Å². The molecule has 180 valence electrons. The quantitative estimate of drug-likeness (QED) is 0.511. The Bertz CT molecular complexity index is 644. The highest BCUT2D eigenvalue weighted by Crippen LogP contribution is 2.68. The summed E-state index contributed by atoms with van der Waals surface area (Å²) in [5.74, 6) is 3.01. The van der Waals surface area contributed by atoms with Crippen molar-refractivity contribution < 1.29 is 20.4 Å². The van der Waals surface area contributed by atoms with Crippen LogP contribution in [0.3, 0.4) is 0 Å². The average Bonchev–Trinajstić information content (AvgIpc) is 3.01. The molecular weight excluding hydrogens is 388 g/mol. The van der Waals surface area contributed by atoms with Crippen molar-refractivity contribution in [2.24, 2.45) is 46.3 Å². The van der Waals surface area contributed by atoms with Gasteiger partial charge < -0.3 is 20.4 Å². The van der Waals surface area contributed by atoms with E-state index >= 15 is 0 Å². The van der Waals surface area contributed by atoms with Crippen molar-refractivity contribution in [1.29, 1.82) is 0 Å². The van der Waals surface area contributed by atoms with Crippen molar-refractivity contribution in [3.8, 4) is 0 Å². The Kier molecular flexibility index (Phi) is 6.38. The second-order valence-corrected chi connectivity index (χ2v) is 13.2. The molecule has 4 rings (SSSR count). The molecule has 4 saturated carbocycles. The Morgan fingerprint density at radius 2 is 1.55 bits per heavy atom. The lowest BCUT2D eigenvalue weighted by Gasteiger charge is -2.63. The molecule has 0 aromatic heterocycles. The van der Waals surface area contributed by atoms with Crippen LogP contribution in [0, 0.1) is 46.3 Å². The number of aliphatic hydroxyl groups excluding tert-OH is 3. The molecule has 0 unspecified atom stereocenters. The van der Waals surface area contributed by atoms with Gasteiger partial charge in [-0.2, -0.15) is 0 Å². The van der Waals surface area contributed by atoms with Crippen LogP contribution in [0.4, 0.5) is 0 Å². The van der Waals surface area contributed by atoms with Crippen LogP contribution in [0.25, 0.3) is 0 Å². The van der Waals surface area contributed by atoms with Crippen molar-refractivity contribution in [1.82, 2.24) is 0 Å². The first-order chi connectivity index (χ1) is 14.4. The summed E-state index contributed by atoms with van der Waals surface area (Å²) in [6, 6.07) is 0. The molecule has 0 saturated heterocycles. The van der Waals surface area contributed by atoms with Crippen LogP contribution in [0.2, 0.25) is 0 Å². The van der Waals surface area contributed by atoms with Crippen LogP contribution >= 0.6 is 0 Å². The fraction of sp³-hybridized carbons (Fsp3) is 1.00. The molecule has 11 atom stereocenters. The highest BCUT2D eigenvalue weighted by Gasteiger charge is 2.63. The monoisotopic (exact) mass is 436 g/mol. The van der Waals surface area contributed by atoms with E-state index in [0.29, 0.717) is 35.5 Å². The Labute approximate surface area is 189 Å². The summed E-state index contributed by atoms with van der Waals surface area (Å²) in [6.07, 6.45) is 8.61. The molecule has 0 heterocycles. The van der Waals surface area contributed by atoms with Crippen molar-refractivity contribution in [3.63, 3.8) is 0 Å². The van der Waals surface area contributed by atoms with Crippen molar-refractivity contribution >= 4 is 0 Å². The lowest BCUT2D eigenvalue weighted by atomic mass is 9.43. The predicted octanol–water partition coefficient (Wildman–Crippen LogP) is 4.53. The van der Waals surface area contributed by atoms with Crippen LogP contribution in [-0.2, 0) is 0 Å². The molecule has 4 aliphatic carbocycles. The number of hydrogen-bond acceptors (Lipinski definition) is 4. The minimum absolute atomic E-state index is 0.0568. The van der Waals surface area contributed by atoms with Gasteiger partial charge in [0.05, 0.1) is 23.9 Å². The van der Waals surface area contributed by atoms with Gasteiger partial charge in [-0.25, -0.2) is 0 Å². The molecule has 31 heavy (non-hydrogen) atoms. The van der Waals surface area contributed by atoms with Crippen molar-refractivity contribution in [2.45, 2.75) is 123 Å². The maximum absolute atomic E-state index is 11.2. The highest BCUT2D eigenvalue weighted by atomic mass is 16.3. The van der Waals surface area contributed by atoms with Gasteiger partial charge >= 0.3 is 0 Å². The van der Waals surface area contributed by atoms with Gasteiger partial charge in [0, 0.05) is 5.92 Å². The minimum atomic E-state index is -0.782. The third kappa shape index (κ3) is 4.02. The largest absolute Gasteiger partial charge is 0.393 e. The topological polar surface area (TPSA) is 80.9 Å². The van der Waals surface area contributed by atoms with Gasteiger partial charge in [-0.1, -0.05) is 33.6 Å². The van der Waals surface area contributed by atoms with E-state index < -0.39 is 23.9 Å². The zero-order valence-corrected chi connectivity index (χ0v) is 20.6. The summed E-state index contributed by atoms with van der Waals surface area (Å²) in [6.45, 7) is 11.1. The molecule has 0 amide bonds. The molecule has 4 nitrogen and oxygen atoms in total. The maximum Gasteiger partial charge on any atom is 0.0857 e. The van der Waals surface area contributed by atoms with Crippen LogP contribution in [0.1, 0.15) is 98.8 Å². The van der Waals surface area contributed by atoms with E-state index in [0.717, 1.165) is 31.6 Å². The summed E-state index contributed by atoms with van der Waals surface area (Å²) in [4.78, 5) is 0. The zero-order chi connectivity index (χ0) is 22.8. The van der Waals surface area contributed by atoms with Crippen LogP contribution in [0.5, 0.6) is 0 Å². The standard InChI is InChI=1S/C27H48O4/c1-16(7-6-12-25(2,3)31)18-8-9-19-17-15-22(29)23-24(30)21(28)11-14-27(23,5)20(17)10-13-26(18,19)4/h16-24,28-31H,6-15H2,1-5H3/t16-,17+,18-,19+,20+,21+,22+,23+,24+,26-,27-/m1/s1. The fourth-order valence-corrected chi connectivity index (χ4v) is 9.42. The zero-order valence-electron chi connectivity index (χ0n) is 20.6. The summed E-state index contributed by atoms with van der Waals surface area (Å²) in [7, 11) is 0. The Morgan fingerprint density at radius 3 is 2.23 bits per heavy atom. The molecule has 0 aromatic rings. The molecule has 4 fully saturated rings. The van der Waals surface area contributed by atoms with Gasteiger partial charge in [0.2, 0.25) is 0 Å². The first-order valence-corrected chi connectivity index (χ1v) is 13.1. The number of rotatable bonds is 5. The molecule has 0 aromatic carbocycles. The van der Waals surface area contributed by atoms with E-state index in [2.05, 4.69) is 20.8 Å². The lowest BCUT2D eigenvalue weighted by molar-refractivity contribution is -0.212. The van der Waals surface area contributed by atoms with Crippen LogP contribution in [0.15, 0.2) is 0 Å². The minimum Gasteiger partial charge on any atom is -0.393 e. The Hall–Kier alpha value is -0.160. The Balaban J connectivity index is 1.50. The number of aliphatic hydroxyl groups is 4. The first kappa shape index (κ1) is 24.0. The SMILES string of the molecule is C[C@H](CCCC(C)(C)O)[C@H]1CC[C@H]2[C@@H]3C[C@H](O)[C@H]4[C@@H](O)[C@@H](O)CC[C@]4(C)[C@H]3CC[C@]12C. The molecule has 0 bridgehead atoms. The summed E-state index contributed by atoms with van der Waals surface area (Å²) < 4.78 is 0. The second-order valence-electron chi connectivity index (χ2n) is 13.2. The van der Waals surface area contributed by atoms with E-state index in [9.17, 15) is 20.4 Å².